The molecular weight excluding hydrogens is 454 g/mol. The van der Waals surface area contributed by atoms with Gasteiger partial charge in [0.1, 0.15) is 18.0 Å². The number of anilines is 2. The molecule has 29 heavy (non-hydrogen) atoms. The number of nitrogens with two attached hydrogens (primary N) is 1. The summed E-state index contributed by atoms with van der Waals surface area (Å²) in [5.74, 6) is 0.360. The van der Waals surface area contributed by atoms with Crippen molar-refractivity contribution >= 4 is 56.4 Å². The minimum absolute atomic E-state index is 0.239. The summed E-state index contributed by atoms with van der Waals surface area (Å²) in [7, 11) is 0. The number of fused-ring (bicyclic) bond motifs is 2. The van der Waals surface area contributed by atoms with Gasteiger partial charge in [0.2, 0.25) is 0 Å². The molecule has 0 saturated carbocycles. The molecule has 0 saturated heterocycles. The number of hydrogen-bond donors (Lipinski definition) is 1. The van der Waals surface area contributed by atoms with Crippen LogP contribution in [-0.4, -0.2) is 25.7 Å². The summed E-state index contributed by atoms with van der Waals surface area (Å²) in [5.41, 5.74) is 8.07. The average molecular weight is 469 g/mol. The van der Waals surface area contributed by atoms with E-state index < -0.39 is 0 Å². The molecular formula is C20H15BrClN7. The van der Waals surface area contributed by atoms with Crippen LogP contribution in [0.2, 0.25) is 5.02 Å². The Kier molecular flexibility index (Phi) is 4.44. The van der Waals surface area contributed by atoms with Gasteiger partial charge in [-0.25, -0.2) is 15.0 Å². The lowest BCUT2D eigenvalue weighted by atomic mass is 10.2. The molecule has 2 aromatic carbocycles. The number of aromatic nitrogens is 4. The van der Waals surface area contributed by atoms with Gasteiger partial charge in [-0.05, 0) is 30.3 Å². The van der Waals surface area contributed by atoms with Gasteiger partial charge in [0.15, 0.2) is 11.5 Å². The number of benzene rings is 2. The van der Waals surface area contributed by atoms with Gasteiger partial charge in [-0.3, -0.25) is 4.99 Å². The van der Waals surface area contributed by atoms with Crippen LogP contribution < -0.4 is 21.2 Å². The molecule has 1 aliphatic rings. The van der Waals surface area contributed by atoms with Crippen molar-refractivity contribution in [2.45, 2.75) is 12.7 Å². The van der Waals surface area contributed by atoms with E-state index in [-0.39, 0.29) is 6.17 Å². The zero-order chi connectivity index (χ0) is 20.0. The van der Waals surface area contributed by atoms with Crippen LogP contribution in [0.3, 0.4) is 0 Å². The Hall–Kier alpha value is -2.97. The van der Waals surface area contributed by atoms with Gasteiger partial charge in [0, 0.05) is 15.9 Å². The minimum atomic E-state index is -0.239. The molecule has 1 atom stereocenters. The van der Waals surface area contributed by atoms with Crippen molar-refractivity contribution in [2.75, 3.05) is 10.6 Å². The lowest BCUT2D eigenvalue weighted by molar-refractivity contribution is 0.557. The standard InChI is InChI=1S/C20H15BrClN7/c21-13-5-6-15-12(7-13)8-29(16-4-2-1-3-14(16)22)17(27-15)9-28-11-26-18-19(23)24-10-25-20(18)28/h1-8,10-11,17H,9H2,(H2,23,24,25). The molecule has 2 aromatic heterocycles. The number of rotatable bonds is 3. The molecule has 7 nitrogen and oxygen atoms in total. The largest absolute Gasteiger partial charge is 0.382 e. The van der Waals surface area contributed by atoms with Gasteiger partial charge in [0.25, 0.3) is 0 Å². The topological polar surface area (TPSA) is 85.2 Å². The summed E-state index contributed by atoms with van der Waals surface area (Å²) in [5, 5.41) is 2.59. The Morgan fingerprint density at radius 2 is 1.97 bits per heavy atom. The Morgan fingerprint density at radius 1 is 1.10 bits per heavy atom. The fraction of sp³-hybridized carbons (Fsp3) is 0.100. The van der Waals surface area contributed by atoms with Gasteiger partial charge in [-0.2, -0.15) is 0 Å². The molecule has 9 heteroatoms. The quantitative estimate of drug-likeness (QED) is 0.500. The minimum Gasteiger partial charge on any atom is -0.382 e. The summed E-state index contributed by atoms with van der Waals surface area (Å²) in [6, 6.07) is 13.8. The van der Waals surface area contributed by atoms with Crippen molar-refractivity contribution in [3.8, 4) is 0 Å². The third-order valence-electron chi connectivity index (χ3n) is 4.80. The van der Waals surface area contributed by atoms with Crippen molar-refractivity contribution in [3.05, 3.63) is 75.2 Å². The Balaban J connectivity index is 1.65. The van der Waals surface area contributed by atoms with Crippen LogP contribution in [0.5, 0.6) is 0 Å². The van der Waals surface area contributed by atoms with Crippen LogP contribution >= 0.6 is 27.5 Å². The van der Waals surface area contributed by atoms with Crippen molar-refractivity contribution in [3.63, 3.8) is 0 Å². The van der Waals surface area contributed by atoms with Crippen LogP contribution in [0.1, 0.15) is 0 Å². The van der Waals surface area contributed by atoms with Crippen LogP contribution in [0.15, 0.2) is 64.6 Å². The summed E-state index contributed by atoms with van der Waals surface area (Å²) >= 11 is 10.0. The van der Waals surface area contributed by atoms with Crippen molar-refractivity contribution in [1.29, 1.82) is 0 Å². The number of para-hydroxylation sites is 1. The van der Waals surface area contributed by atoms with E-state index in [4.69, 9.17) is 22.3 Å². The molecule has 0 spiro atoms. The highest BCUT2D eigenvalue weighted by Crippen LogP contribution is 2.29. The Labute approximate surface area is 179 Å². The molecule has 4 aromatic rings. The first-order valence-electron chi connectivity index (χ1n) is 8.89. The Bertz CT molecular complexity index is 1350. The van der Waals surface area contributed by atoms with E-state index in [1.807, 2.05) is 47.0 Å². The van der Waals surface area contributed by atoms with E-state index in [2.05, 4.69) is 42.0 Å². The normalized spacial score (nSPS) is 15.7. The van der Waals surface area contributed by atoms with E-state index in [0.29, 0.717) is 28.5 Å². The lowest BCUT2D eigenvalue weighted by Crippen LogP contribution is -2.44. The molecule has 1 unspecified atom stereocenters. The maximum absolute atomic E-state index is 6.51. The number of nitrogens with zero attached hydrogens (tertiary/aromatic N) is 6. The summed E-state index contributed by atoms with van der Waals surface area (Å²) in [4.78, 5) is 19.8. The first kappa shape index (κ1) is 18.1. The van der Waals surface area contributed by atoms with Crippen LogP contribution in [-0.2, 0) is 6.54 Å². The maximum Gasteiger partial charge on any atom is 0.165 e. The molecule has 0 bridgehead atoms. The van der Waals surface area contributed by atoms with Crippen LogP contribution in [0, 0.1) is 0 Å². The zero-order valence-electron chi connectivity index (χ0n) is 15.1. The number of nitrogen functional groups attached to an aromatic ring is 1. The van der Waals surface area contributed by atoms with Crippen molar-refractivity contribution < 1.29 is 0 Å². The highest BCUT2D eigenvalue weighted by Gasteiger charge is 2.23. The van der Waals surface area contributed by atoms with E-state index in [9.17, 15) is 0 Å². The molecule has 144 valence electrons. The number of halogens is 2. The molecule has 2 N–H and O–H groups in total. The first-order valence-corrected chi connectivity index (χ1v) is 10.1. The number of imidazole rings is 1. The molecule has 1 aliphatic heterocycles. The van der Waals surface area contributed by atoms with Gasteiger partial charge in [-0.15, -0.1) is 0 Å². The highest BCUT2D eigenvalue weighted by atomic mass is 79.9. The van der Waals surface area contributed by atoms with E-state index in [0.717, 1.165) is 20.7 Å². The van der Waals surface area contributed by atoms with Crippen LogP contribution in [0.25, 0.3) is 17.4 Å². The van der Waals surface area contributed by atoms with Gasteiger partial charge in [0.05, 0.1) is 28.9 Å². The van der Waals surface area contributed by atoms with E-state index in [1.165, 1.54) is 6.33 Å². The molecule has 3 heterocycles. The third kappa shape index (κ3) is 3.24. The van der Waals surface area contributed by atoms with Crippen LogP contribution in [0.4, 0.5) is 11.5 Å². The SMILES string of the molecule is Nc1ncnc2c1ncn2CC1N=c2ccc(Br)cc2=CN1c1ccccc1Cl. The second-order valence-electron chi connectivity index (χ2n) is 6.63. The fourth-order valence-corrected chi connectivity index (χ4v) is 4.05. The van der Waals surface area contributed by atoms with Crippen molar-refractivity contribution in [1.82, 2.24) is 19.5 Å². The summed E-state index contributed by atoms with van der Waals surface area (Å²) in [6.07, 6.45) is 4.99. The predicted molar refractivity (Wildman–Crippen MR) is 117 cm³/mol. The molecule has 0 fully saturated rings. The second-order valence-corrected chi connectivity index (χ2v) is 7.95. The highest BCUT2D eigenvalue weighted by molar-refractivity contribution is 9.10. The van der Waals surface area contributed by atoms with Gasteiger partial charge >= 0.3 is 0 Å². The molecule has 0 amide bonds. The molecule has 0 radical (unpaired) electrons. The van der Waals surface area contributed by atoms with E-state index in [1.54, 1.807) is 6.33 Å². The summed E-state index contributed by atoms with van der Waals surface area (Å²) in [6.45, 7) is 0.518. The molecule has 0 aliphatic carbocycles. The van der Waals surface area contributed by atoms with E-state index >= 15 is 0 Å². The van der Waals surface area contributed by atoms with Gasteiger partial charge in [-0.1, -0.05) is 39.7 Å². The maximum atomic E-state index is 6.51. The smallest absolute Gasteiger partial charge is 0.165 e. The summed E-state index contributed by atoms with van der Waals surface area (Å²) < 4.78 is 2.93. The second kappa shape index (κ2) is 7.13. The lowest BCUT2D eigenvalue weighted by Gasteiger charge is -2.31. The average Bonchev–Trinajstić information content (AvgIpc) is 3.12. The monoisotopic (exact) mass is 467 g/mol. The predicted octanol–water partition coefficient (Wildman–Crippen LogP) is 2.73. The fourth-order valence-electron chi connectivity index (χ4n) is 3.43. The zero-order valence-corrected chi connectivity index (χ0v) is 17.4. The van der Waals surface area contributed by atoms with Crippen molar-refractivity contribution in [2.24, 2.45) is 4.99 Å². The van der Waals surface area contributed by atoms with Gasteiger partial charge < -0.3 is 15.2 Å². The molecule has 5 rings (SSSR count). The Morgan fingerprint density at radius 3 is 2.83 bits per heavy atom. The number of hydrogen-bond acceptors (Lipinski definition) is 6. The first-order chi connectivity index (χ1) is 14.1. The third-order valence-corrected chi connectivity index (χ3v) is 5.61.